The van der Waals surface area contributed by atoms with Gasteiger partial charge in [0.25, 0.3) is 5.56 Å². The van der Waals surface area contributed by atoms with E-state index in [-0.39, 0.29) is 5.56 Å². The Balaban J connectivity index is 1.33. The Kier molecular flexibility index (Phi) is 5.36. The zero-order valence-electron chi connectivity index (χ0n) is 18.9. The predicted molar refractivity (Wildman–Crippen MR) is 140 cm³/mol. The number of aromatic nitrogens is 3. The maximum absolute atomic E-state index is 13.2. The Morgan fingerprint density at radius 2 is 1.94 bits per heavy atom. The number of hydrogen-bond donors (Lipinski definition) is 2. The summed E-state index contributed by atoms with van der Waals surface area (Å²) < 4.78 is 2.82. The highest BCUT2D eigenvalue weighted by molar-refractivity contribution is 7.16. The number of benzene rings is 2. The number of aryl methyl sites for hydroxylation is 1. The van der Waals surface area contributed by atoms with Crippen LogP contribution in [-0.4, -0.2) is 27.6 Å². The summed E-state index contributed by atoms with van der Waals surface area (Å²) in [6, 6.07) is 18.5. The average molecular weight is 468 g/mol. The minimum atomic E-state index is -0.0351. The van der Waals surface area contributed by atoms with Crippen molar-refractivity contribution in [1.82, 2.24) is 19.9 Å². The summed E-state index contributed by atoms with van der Waals surface area (Å²) in [5.74, 6) is 1.32. The van der Waals surface area contributed by atoms with Gasteiger partial charge in [-0.1, -0.05) is 18.2 Å². The summed E-state index contributed by atoms with van der Waals surface area (Å²) in [5.41, 5.74) is 7.45. The molecule has 0 atom stereocenters. The molecule has 0 bridgehead atoms. The Morgan fingerprint density at radius 3 is 2.82 bits per heavy atom. The van der Waals surface area contributed by atoms with Gasteiger partial charge in [0.1, 0.15) is 5.82 Å². The Morgan fingerprint density at radius 1 is 1.06 bits per heavy atom. The molecule has 0 spiro atoms. The molecule has 6 rings (SSSR count). The highest BCUT2D eigenvalue weighted by atomic mass is 32.1. The van der Waals surface area contributed by atoms with Crippen LogP contribution in [0, 0.1) is 0 Å². The maximum atomic E-state index is 13.2. The topological polar surface area (TPSA) is 71.8 Å². The number of fused-ring (bicyclic) bond motifs is 2. The first kappa shape index (κ1) is 21.0. The number of hydrogen-bond acceptors (Lipinski definition) is 6. The highest BCUT2D eigenvalue weighted by Gasteiger charge is 2.16. The Labute approximate surface area is 201 Å². The van der Waals surface area contributed by atoms with Crippen LogP contribution in [0.1, 0.15) is 24.3 Å². The fraction of sp³-hybridized carbons (Fsp3) is 0.222. The number of nitrogens with zero attached hydrogens (tertiary/aromatic N) is 3. The third-order valence-electron chi connectivity index (χ3n) is 6.72. The second-order valence-electron chi connectivity index (χ2n) is 8.86. The predicted octanol–water partition coefficient (Wildman–Crippen LogP) is 5.42. The van der Waals surface area contributed by atoms with Gasteiger partial charge < -0.3 is 15.2 Å². The quantitative estimate of drug-likeness (QED) is 0.369. The van der Waals surface area contributed by atoms with Crippen LogP contribution in [0.3, 0.4) is 0 Å². The minimum Gasteiger partial charge on any atom is -0.340 e. The zero-order valence-corrected chi connectivity index (χ0v) is 19.7. The van der Waals surface area contributed by atoms with E-state index in [1.807, 2.05) is 49.1 Å². The number of pyridine rings is 2. The van der Waals surface area contributed by atoms with Crippen molar-refractivity contribution >= 4 is 44.0 Å². The molecule has 3 aromatic heterocycles. The summed E-state index contributed by atoms with van der Waals surface area (Å²) in [4.78, 5) is 22.3. The van der Waals surface area contributed by atoms with Crippen LogP contribution in [0.15, 0.2) is 71.1 Å². The highest BCUT2D eigenvalue weighted by Crippen LogP contribution is 2.29. The third-order valence-corrected chi connectivity index (χ3v) is 7.53. The van der Waals surface area contributed by atoms with E-state index in [0.717, 1.165) is 64.1 Å². The third kappa shape index (κ3) is 3.87. The molecule has 1 saturated heterocycles. The molecule has 4 heterocycles. The molecule has 0 unspecified atom stereocenters. The van der Waals surface area contributed by atoms with E-state index in [4.69, 9.17) is 0 Å². The molecule has 0 radical (unpaired) electrons. The van der Waals surface area contributed by atoms with Crippen molar-refractivity contribution in [3.63, 3.8) is 0 Å². The van der Waals surface area contributed by atoms with Crippen molar-refractivity contribution in [3.8, 4) is 11.1 Å². The van der Waals surface area contributed by atoms with Crippen LogP contribution in [0.5, 0.6) is 0 Å². The Hall–Kier alpha value is -3.55. The first-order valence-corrected chi connectivity index (χ1v) is 12.4. The SMILES string of the molecule is Cn1c(=O)c(-c2ccc3scnc3c2)cc2cnc(Nc3cccc(C4CCNCC4)c3)cc21. The molecule has 0 aliphatic carbocycles. The van der Waals surface area contributed by atoms with E-state index < -0.39 is 0 Å². The van der Waals surface area contributed by atoms with Gasteiger partial charge in [0.05, 0.1) is 21.2 Å². The summed E-state index contributed by atoms with van der Waals surface area (Å²) in [6.07, 6.45) is 4.16. The van der Waals surface area contributed by atoms with Gasteiger partial charge in [-0.25, -0.2) is 9.97 Å². The normalized spacial score (nSPS) is 14.6. The number of rotatable bonds is 4. The van der Waals surface area contributed by atoms with E-state index in [9.17, 15) is 4.79 Å². The smallest absolute Gasteiger partial charge is 0.258 e. The van der Waals surface area contributed by atoms with Crippen molar-refractivity contribution in [1.29, 1.82) is 0 Å². The fourth-order valence-corrected chi connectivity index (χ4v) is 5.50. The molecule has 1 aliphatic heterocycles. The molecule has 170 valence electrons. The molecule has 0 saturated carbocycles. The van der Waals surface area contributed by atoms with Gasteiger partial charge in [-0.3, -0.25) is 4.79 Å². The van der Waals surface area contributed by atoms with Crippen LogP contribution in [0.25, 0.3) is 32.2 Å². The van der Waals surface area contributed by atoms with Gasteiger partial charge in [-0.15, -0.1) is 11.3 Å². The molecule has 1 aliphatic rings. The van der Waals surface area contributed by atoms with E-state index >= 15 is 0 Å². The van der Waals surface area contributed by atoms with Crippen molar-refractivity contribution in [3.05, 3.63) is 82.2 Å². The summed E-state index contributed by atoms with van der Waals surface area (Å²) in [5, 5.41) is 7.79. The molecule has 34 heavy (non-hydrogen) atoms. The van der Waals surface area contributed by atoms with E-state index in [1.54, 1.807) is 15.9 Å². The van der Waals surface area contributed by atoms with Crippen molar-refractivity contribution in [2.45, 2.75) is 18.8 Å². The van der Waals surface area contributed by atoms with Gasteiger partial charge in [-0.05, 0) is 73.3 Å². The number of thiazole rings is 1. The van der Waals surface area contributed by atoms with Crippen LogP contribution >= 0.6 is 11.3 Å². The average Bonchev–Trinajstić information content (AvgIpc) is 3.35. The first-order chi connectivity index (χ1) is 16.7. The minimum absolute atomic E-state index is 0.0351. The molecule has 6 nitrogen and oxygen atoms in total. The molecule has 2 aromatic carbocycles. The van der Waals surface area contributed by atoms with Crippen LogP contribution in [0.4, 0.5) is 11.5 Å². The summed E-state index contributed by atoms with van der Waals surface area (Å²) in [7, 11) is 1.82. The molecule has 2 N–H and O–H groups in total. The molecule has 7 heteroatoms. The number of piperidine rings is 1. The lowest BCUT2D eigenvalue weighted by molar-refractivity contribution is 0.460. The molecular weight excluding hydrogens is 442 g/mol. The van der Waals surface area contributed by atoms with E-state index in [1.165, 1.54) is 5.56 Å². The lowest BCUT2D eigenvalue weighted by Crippen LogP contribution is -2.26. The van der Waals surface area contributed by atoms with Gasteiger partial charge in [-0.2, -0.15) is 0 Å². The lowest BCUT2D eigenvalue weighted by atomic mass is 9.90. The van der Waals surface area contributed by atoms with Crippen molar-refractivity contribution in [2.24, 2.45) is 7.05 Å². The fourth-order valence-electron chi connectivity index (χ4n) is 4.84. The molecular formula is C27H25N5OS. The first-order valence-electron chi connectivity index (χ1n) is 11.6. The van der Waals surface area contributed by atoms with E-state index in [2.05, 4.69) is 44.9 Å². The molecule has 1 fully saturated rings. The molecule has 0 amide bonds. The Bertz CT molecular complexity index is 1560. The van der Waals surface area contributed by atoms with Crippen LogP contribution in [-0.2, 0) is 7.05 Å². The number of nitrogens with one attached hydrogen (secondary N) is 2. The molecule has 5 aromatic rings. The van der Waals surface area contributed by atoms with Crippen LogP contribution < -0.4 is 16.2 Å². The summed E-state index contributed by atoms with van der Waals surface area (Å²) in [6.45, 7) is 2.14. The lowest BCUT2D eigenvalue weighted by Gasteiger charge is -2.23. The largest absolute Gasteiger partial charge is 0.340 e. The van der Waals surface area contributed by atoms with Gasteiger partial charge in [0.15, 0.2) is 0 Å². The second-order valence-corrected chi connectivity index (χ2v) is 9.75. The van der Waals surface area contributed by atoms with E-state index in [0.29, 0.717) is 11.5 Å². The number of anilines is 2. The standard InChI is InChI=1S/C27H25N5OS/c1-32-24-14-26(31-21-4-2-3-18(11-21)17-7-9-28-10-8-17)29-15-20(24)12-22(27(32)33)19-5-6-25-23(13-19)30-16-34-25/h2-6,11-17,28H,7-10H2,1H3,(H,29,31). The van der Waals surface area contributed by atoms with Crippen LogP contribution in [0.2, 0.25) is 0 Å². The van der Waals surface area contributed by atoms with Gasteiger partial charge in [0.2, 0.25) is 0 Å². The van der Waals surface area contributed by atoms with Gasteiger partial charge in [0, 0.05) is 35.9 Å². The van der Waals surface area contributed by atoms with Gasteiger partial charge >= 0.3 is 0 Å². The zero-order chi connectivity index (χ0) is 23.1. The summed E-state index contributed by atoms with van der Waals surface area (Å²) >= 11 is 1.60. The second kappa shape index (κ2) is 8.66. The maximum Gasteiger partial charge on any atom is 0.258 e. The van der Waals surface area contributed by atoms with Crippen molar-refractivity contribution < 1.29 is 0 Å². The monoisotopic (exact) mass is 467 g/mol. The van der Waals surface area contributed by atoms with Crippen molar-refractivity contribution in [2.75, 3.05) is 18.4 Å².